The largest absolute Gasteiger partial charge is 0.492 e. The molecular weight excluding hydrogens is 376 g/mol. The molecule has 0 radical (unpaired) electrons. The molecule has 1 heterocycles. The number of hydrogen-bond donors (Lipinski definition) is 1. The van der Waals surface area contributed by atoms with Crippen LogP contribution in [0.2, 0.25) is 0 Å². The fourth-order valence-electron chi connectivity index (χ4n) is 2.06. The molecule has 23 heavy (non-hydrogen) atoms. The van der Waals surface area contributed by atoms with Crippen LogP contribution in [0.4, 0.5) is 5.69 Å². The average molecular weight is 397 g/mol. The molecule has 2 aromatic rings. The highest BCUT2D eigenvalue weighted by atomic mass is 79.9. The van der Waals surface area contributed by atoms with Gasteiger partial charge in [-0.05, 0) is 54.1 Å². The Bertz CT molecular complexity index is 674. The van der Waals surface area contributed by atoms with Crippen LogP contribution in [0.3, 0.4) is 0 Å². The zero-order valence-corrected chi connectivity index (χ0v) is 15.9. The van der Waals surface area contributed by atoms with E-state index in [0.29, 0.717) is 18.3 Å². The Morgan fingerprint density at radius 1 is 1.39 bits per heavy atom. The van der Waals surface area contributed by atoms with Gasteiger partial charge in [0.1, 0.15) is 5.75 Å². The summed E-state index contributed by atoms with van der Waals surface area (Å²) in [6.45, 7) is 6.10. The number of benzene rings is 1. The van der Waals surface area contributed by atoms with Crippen molar-refractivity contribution in [3.8, 4) is 5.75 Å². The van der Waals surface area contributed by atoms with E-state index in [1.54, 1.807) is 0 Å². The second kappa shape index (κ2) is 8.31. The molecule has 0 bridgehead atoms. The lowest BCUT2D eigenvalue weighted by atomic mass is 10.3. The van der Waals surface area contributed by atoms with Crippen molar-refractivity contribution in [1.82, 2.24) is 14.7 Å². The Morgan fingerprint density at radius 3 is 2.78 bits per heavy atom. The fourth-order valence-corrected chi connectivity index (χ4v) is 2.68. The van der Waals surface area contributed by atoms with Crippen molar-refractivity contribution in [3.05, 3.63) is 40.6 Å². The molecule has 1 aromatic heterocycles. The maximum atomic E-state index is 5.61. The van der Waals surface area contributed by atoms with Crippen LogP contribution < -0.4 is 10.1 Å². The van der Waals surface area contributed by atoms with Gasteiger partial charge in [-0.15, -0.1) is 0 Å². The first-order chi connectivity index (χ1) is 11.0. The van der Waals surface area contributed by atoms with Crippen molar-refractivity contribution < 1.29 is 4.74 Å². The summed E-state index contributed by atoms with van der Waals surface area (Å²) in [6.07, 6.45) is 1.98. The lowest BCUT2D eigenvalue weighted by Gasteiger charge is -2.21. The first-order valence-electron chi connectivity index (χ1n) is 7.50. The summed E-state index contributed by atoms with van der Waals surface area (Å²) in [5.41, 5.74) is 1.82. The smallest absolute Gasteiger partial charge is 0.173 e. The molecule has 5 nitrogen and oxygen atoms in total. The number of hydrogen-bond acceptors (Lipinski definition) is 3. The Morgan fingerprint density at radius 2 is 2.13 bits per heavy atom. The number of rotatable bonds is 6. The second-order valence-corrected chi connectivity index (χ2v) is 6.24. The predicted molar refractivity (Wildman–Crippen MR) is 101 cm³/mol. The highest BCUT2D eigenvalue weighted by Gasteiger charge is 2.13. The van der Waals surface area contributed by atoms with Gasteiger partial charge in [0.25, 0.3) is 0 Å². The van der Waals surface area contributed by atoms with Crippen molar-refractivity contribution in [2.45, 2.75) is 26.9 Å². The first-order valence-corrected chi connectivity index (χ1v) is 8.71. The summed E-state index contributed by atoms with van der Waals surface area (Å²) < 4.78 is 8.50. The molecule has 0 amide bonds. The van der Waals surface area contributed by atoms with Crippen molar-refractivity contribution >= 4 is 38.9 Å². The summed E-state index contributed by atoms with van der Waals surface area (Å²) in [6, 6.07) is 7.77. The van der Waals surface area contributed by atoms with E-state index in [0.717, 1.165) is 28.1 Å². The molecule has 0 saturated carbocycles. The quantitative estimate of drug-likeness (QED) is 0.750. The summed E-state index contributed by atoms with van der Waals surface area (Å²) in [5.74, 6) is 0.794. The molecule has 1 N–H and O–H groups in total. The van der Waals surface area contributed by atoms with E-state index < -0.39 is 0 Å². The van der Waals surface area contributed by atoms with Crippen LogP contribution in [0.1, 0.15) is 19.5 Å². The number of halogens is 1. The van der Waals surface area contributed by atoms with Crippen molar-refractivity contribution in [2.24, 2.45) is 0 Å². The highest BCUT2D eigenvalue weighted by Crippen LogP contribution is 2.24. The number of anilines is 1. The Labute approximate surface area is 150 Å². The van der Waals surface area contributed by atoms with Gasteiger partial charge in [0.05, 0.1) is 29.0 Å². The van der Waals surface area contributed by atoms with Crippen LogP contribution >= 0.6 is 28.1 Å². The number of para-hydroxylation sites is 2. The number of ether oxygens (including phenoxy) is 1. The van der Waals surface area contributed by atoms with Crippen LogP contribution in [-0.4, -0.2) is 33.4 Å². The monoisotopic (exact) mass is 396 g/mol. The van der Waals surface area contributed by atoms with E-state index in [-0.39, 0.29) is 0 Å². The Kier molecular flexibility index (Phi) is 6.41. The third kappa shape index (κ3) is 4.68. The Hall–Kier alpha value is -1.60. The zero-order chi connectivity index (χ0) is 16.8. The minimum Gasteiger partial charge on any atom is -0.492 e. The van der Waals surface area contributed by atoms with Crippen molar-refractivity contribution in [3.63, 3.8) is 0 Å². The molecule has 0 unspecified atom stereocenters. The summed E-state index contributed by atoms with van der Waals surface area (Å²) in [7, 11) is 1.94. The fraction of sp³-hybridized carbons (Fsp3) is 0.375. The number of aromatic nitrogens is 2. The van der Waals surface area contributed by atoms with Crippen LogP contribution in [0.15, 0.2) is 34.9 Å². The molecular formula is C16H21BrN4OS. The summed E-state index contributed by atoms with van der Waals surface area (Å²) >= 11 is 9.03. The SMILES string of the molecule is CCOc1ccccc1NC(=S)N(C)Cc1nn(CC)cc1Br. The van der Waals surface area contributed by atoms with Gasteiger partial charge in [-0.25, -0.2) is 0 Å². The van der Waals surface area contributed by atoms with Gasteiger partial charge >= 0.3 is 0 Å². The Balaban J connectivity index is 2.04. The molecule has 0 aliphatic carbocycles. The minimum atomic E-state index is 0.614. The van der Waals surface area contributed by atoms with Gasteiger partial charge in [-0.3, -0.25) is 4.68 Å². The maximum Gasteiger partial charge on any atom is 0.173 e. The molecule has 0 spiro atoms. The number of aryl methyl sites for hydroxylation is 1. The van der Waals surface area contributed by atoms with Gasteiger partial charge in [0.2, 0.25) is 0 Å². The predicted octanol–water partition coefficient (Wildman–Crippen LogP) is 3.89. The molecule has 2 rings (SSSR count). The molecule has 0 fully saturated rings. The van der Waals surface area contributed by atoms with Crippen molar-refractivity contribution in [2.75, 3.05) is 19.0 Å². The highest BCUT2D eigenvalue weighted by molar-refractivity contribution is 9.10. The van der Waals surface area contributed by atoms with Crippen LogP contribution in [0.25, 0.3) is 0 Å². The van der Waals surface area contributed by atoms with E-state index in [4.69, 9.17) is 17.0 Å². The second-order valence-electron chi connectivity index (χ2n) is 4.99. The molecule has 0 atom stereocenters. The van der Waals surface area contributed by atoms with Gasteiger partial charge in [-0.2, -0.15) is 5.10 Å². The van der Waals surface area contributed by atoms with Gasteiger partial charge in [0.15, 0.2) is 5.11 Å². The molecule has 7 heteroatoms. The summed E-state index contributed by atoms with van der Waals surface area (Å²) in [5, 5.41) is 8.38. The zero-order valence-electron chi connectivity index (χ0n) is 13.5. The normalized spacial score (nSPS) is 10.4. The molecule has 0 aliphatic heterocycles. The van der Waals surface area contributed by atoms with Gasteiger partial charge in [-0.1, -0.05) is 12.1 Å². The van der Waals surface area contributed by atoms with E-state index in [9.17, 15) is 0 Å². The average Bonchev–Trinajstić information content (AvgIpc) is 2.89. The standard InChI is InChI=1S/C16H21BrN4OS/c1-4-21-10-12(17)14(19-21)11-20(3)16(23)18-13-8-6-7-9-15(13)22-5-2/h6-10H,4-5,11H2,1-3H3,(H,18,23). The third-order valence-electron chi connectivity index (χ3n) is 3.27. The number of nitrogens with one attached hydrogen (secondary N) is 1. The number of nitrogens with zero attached hydrogens (tertiary/aromatic N) is 3. The van der Waals surface area contributed by atoms with Gasteiger partial charge < -0.3 is 15.0 Å². The molecule has 0 aliphatic rings. The molecule has 1 aromatic carbocycles. The van der Waals surface area contributed by atoms with Crippen LogP contribution in [0.5, 0.6) is 5.75 Å². The van der Waals surface area contributed by atoms with E-state index in [2.05, 4.69) is 33.3 Å². The topological polar surface area (TPSA) is 42.3 Å². The number of thiocarbonyl (C=S) groups is 1. The van der Waals surface area contributed by atoms with Crippen molar-refractivity contribution in [1.29, 1.82) is 0 Å². The van der Waals surface area contributed by atoms with Crippen LogP contribution in [-0.2, 0) is 13.1 Å². The van der Waals surface area contributed by atoms with Gasteiger partial charge in [0, 0.05) is 19.8 Å². The van der Waals surface area contributed by atoms with E-state index in [1.165, 1.54) is 0 Å². The first kappa shape index (κ1) is 17.7. The third-order valence-corrected chi connectivity index (χ3v) is 4.35. The van der Waals surface area contributed by atoms with Crippen LogP contribution in [0, 0.1) is 0 Å². The molecule has 0 saturated heterocycles. The summed E-state index contributed by atoms with van der Waals surface area (Å²) in [4.78, 5) is 1.95. The van der Waals surface area contributed by atoms with E-state index >= 15 is 0 Å². The van der Waals surface area contributed by atoms with E-state index in [1.807, 2.05) is 54.0 Å². The molecule has 124 valence electrons. The minimum absolute atomic E-state index is 0.614. The maximum absolute atomic E-state index is 5.61. The lowest BCUT2D eigenvalue weighted by molar-refractivity contribution is 0.342. The lowest BCUT2D eigenvalue weighted by Crippen LogP contribution is -2.31.